The molecule has 208 valence electrons. The highest BCUT2D eigenvalue weighted by atomic mass is 79.9. The highest BCUT2D eigenvalue weighted by Gasteiger charge is 2.43. The van der Waals surface area contributed by atoms with E-state index in [0.29, 0.717) is 47.5 Å². The Morgan fingerprint density at radius 3 is 2.57 bits per heavy atom. The van der Waals surface area contributed by atoms with E-state index in [-0.39, 0.29) is 41.5 Å². The smallest absolute Gasteiger partial charge is 0.410 e. The van der Waals surface area contributed by atoms with Gasteiger partial charge in [-0.25, -0.2) is 9.48 Å². The van der Waals surface area contributed by atoms with Crippen molar-refractivity contribution >= 4 is 33.6 Å². The maximum atomic E-state index is 12.9. The zero-order valence-electron chi connectivity index (χ0n) is 23.6. The summed E-state index contributed by atoms with van der Waals surface area (Å²) < 4.78 is 6.98. The van der Waals surface area contributed by atoms with Crippen molar-refractivity contribution < 1.29 is 14.3 Å². The van der Waals surface area contributed by atoms with Crippen LogP contribution in [0.15, 0.2) is 15.5 Å². The van der Waals surface area contributed by atoms with E-state index in [9.17, 15) is 14.4 Å². The lowest BCUT2D eigenvalue weighted by Crippen LogP contribution is -2.48. The Balaban J connectivity index is 1.54. The second-order valence-electron chi connectivity index (χ2n) is 12.6. The van der Waals surface area contributed by atoms with Gasteiger partial charge in [-0.3, -0.25) is 9.59 Å². The second-order valence-corrected chi connectivity index (χ2v) is 13.4. The summed E-state index contributed by atoms with van der Waals surface area (Å²) in [4.78, 5) is 39.4. The second kappa shape index (κ2) is 11.3. The zero-order valence-corrected chi connectivity index (χ0v) is 25.1. The first kappa shape index (κ1) is 29.5. The molecular weight excluding hydrogens is 538 g/mol. The topological polar surface area (TPSA) is 106 Å². The number of anilines is 1. The van der Waals surface area contributed by atoms with Crippen LogP contribution < -0.4 is 16.2 Å². The molecule has 2 aliphatic rings. The quantitative estimate of drug-likeness (QED) is 0.512. The van der Waals surface area contributed by atoms with Crippen LogP contribution in [0.3, 0.4) is 0 Å². The van der Waals surface area contributed by atoms with E-state index in [0.717, 1.165) is 12.8 Å². The number of rotatable bonds is 6. The Bertz CT molecular complexity index is 1050. The van der Waals surface area contributed by atoms with Crippen LogP contribution in [0.25, 0.3) is 0 Å². The molecule has 1 saturated heterocycles. The van der Waals surface area contributed by atoms with Gasteiger partial charge >= 0.3 is 6.09 Å². The van der Waals surface area contributed by atoms with Gasteiger partial charge in [-0.15, -0.1) is 0 Å². The van der Waals surface area contributed by atoms with Crippen molar-refractivity contribution in [2.45, 2.75) is 86.4 Å². The summed E-state index contributed by atoms with van der Waals surface area (Å²) in [5, 5.41) is 10.7. The van der Waals surface area contributed by atoms with Crippen molar-refractivity contribution in [2.24, 2.45) is 29.1 Å². The molecule has 0 bridgehead atoms. The lowest BCUT2D eigenvalue weighted by atomic mass is 9.58. The SMILES string of the molecule is C[C@@H]1[C@@H](C)C(C)(C)[C@@H](C)C[C@H]1Nc1cnn(CC(=O)NCC2CCN(C(=O)OC(C)(C)C)C2)c(=O)c1Br. The predicted octanol–water partition coefficient (Wildman–Crippen LogP) is 4.50. The molecule has 0 spiro atoms. The normalized spacial score (nSPS) is 27.6. The van der Waals surface area contributed by atoms with Crippen LogP contribution in [0, 0.1) is 29.1 Å². The van der Waals surface area contributed by atoms with Crippen LogP contribution in [0.2, 0.25) is 0 Å². The van der Waals surface area contributed by atoms with Crippen LogP contribution in [0.4, 0.5) is 10.5 Å². The molecule has 0 aromatic carbocycles. The largest absolute Gasteiger partial charge is 0.444 e. The summed E-state index contributed by atoms with van der Waals surface area (Å²) in [5.41, 5.74) is 0.0368. The third-order valence-electron chi connectivity index (χ3n) is 8.62. The Labute approximate surface area is 229 Å². The van der Waals surface area contributed by atoms with Crippen molar-refractivity contribution in [3.63, 3.8) is 0 Å². The maximum Gasteiger partial charge on any atom is 0.410 e. The molecule has 2 amide bonds. The van der Waals surface area contributed by atoms with Gasteiger partial charge in [-0.2, -0.15) is 5.10 Å². The molecule has 10 heteroatoms. The van der Waals surface area contributed by atoms with Crippen LogP contribution >= 0.6 is 15.9 Å². The molecule has 0 radical (unpaired) electrons. The molecule has 1 aromatic heterocycles. The van der Waals surface area contributed by atoms with E-state index in [1.54, 1.807) is 11.1 Å². The molecule has 9 nitrogen and oxygen atoms in total. The number of hydrogen-bond donors (Lipinski definition) is 2. The van der Waals surface area contributed by atoms with Gasteiger partial charge in [0.1, 0.15) is 16.6 Å². The summed E-state index contributed by atoms with van der Waals surface area (Å²) in [6.45, 7) is 18.5. The summed E-state index contributed by atoms with van der Waals surface area (Å²) >= 11 is 3.44. The van der Waals surface area contributed by atoms with E-state index in [2.05, 4.69) is 66.3 Å². The molecule has 3 rings (SSSR count). The van der Waals surface area contributed by atoms with Gasteiger partial charge in [0.25, 0.3) is 5.56 Å². The van der Waals surface area contributed by atoms with Gasteiger partial charge in [0, 0.05) is 25.7 Å². The highest BCUT2D eigenvalue weighted by Crippen LogP contribution is 2.48. The molecule has 2 heterocycles. The first-order valence-corrected chi connectivity index (χ1v) is 14.2. The number of hydrogen-bond acceptors (Lipinski definition) is 6. The number of likely N-dealkylation sites (tertiary alicyclic amines) is 1. The van der Waals surface area contributed by atoms with Gasteiger partial charge in [0.05, 0.1) is 11.9 Å². The number of carbonyl (C=O) groups is 2. The molecule has 1 unspecified atom stereocenters. The molecule has 1 aromatic rings. The molecule has 5 atom stereocenters. The van der Waals surface area contributed by atoms with Gasteiger partial charge < -0.3 is 20.3 Å². The molecular formula is C27H44BrN5O4. The number of nitrogens with one attached hydrogen (secondary N) is 2. The zero-order chi connectivity index (χ0) is 27.7. The van der Waals surface area contributed by atoms with Crippen molar-refractivity contribution in [2.75, 3.05) is 25.0 Å². The summed E-state index contributed by atoms with van der Waals surface area (Å²) in [6.07, 6.45) is 3.10. The van der Waals surface area contributed by atoms with Crippen molar-refractivity contribution in [1.82, 2.24) is 20.0 Å². The lowest BCUT2D eigenvalue weighted by molar-refractivity contribution is -0.122. The summed E-state index contributed by atoms with van der Waals surface area (Å²) in [7, 11) is 0. The highest BCUT2D eigenvalue weighted by molar-refractivity contribution is 9.10. The van der Waals surface area contributed by atoms with Crippen LogP contribution in [0.1, 0.15) is 68.2 Å². The fourth-order valence-electron chi connectivity index (χ4n) is 5.38. The Morgan fingerprint density at radius 2 is 1.92 bits per heavy atom. The summed E-state index contributed by atoms with van der Waals surface area (Å²) in [6, 6.07) is 0.237. The van der Waals surface area contributed by atoms with Crippen LogP contribution in [0.5, 0.6) is 0 Å². The number of aromatic nitrogens is 2. The van der Waals surface area contributed by atoms with E-state index in [1.807, 2.05) is 20.8 Å². The number of amides is 2. The first-order valence-electron chi connectivity index (χ1n) is 13.4. The van der Waals surface area contributed by atoms with Crippen LogP contribution in [-0.2, 0) is 16.1 Å². The molecule has 2 N–H and O–H groups in total. The third-order valence-corrected chi connectivity index (χ3v) is 9.39. The molecule has 2 fully saturated rings. The van der Waals surface area contributed by atoms with Crippen molar-refractivity contribution in [1.29, 1.82) is 0 Å². The standard InChI is InChI=1S/C27H44BrN5O4/c1-16-11-20(17(2)18(3)27(16,7)8)31-21-13-30-33(24(35)23(21)28)15-22(34)29-12-19-9-10-32(14-19)25(36)37-26(4,5)6/h13,16-20,31H,9-12,14-15H2,1-8H3,(H,29,34)/t16-,17+,18+,19?,20+/m0/s1. The van der Waals surface area contributed by atoms with Gasteiger partial charge in [0.15, 0.2) is 0 Å². The minimum atomic E-state index is -0.536. The number of ether oxygens (including phenoxy) is 1. The van der Waals surface area contributed by atoms with E-state index < -0.39 is 5.60 Å². The Morgan fingerprint density at radius 1 is 1.24 bits per heavy atom. The van der Waals surface area contributed by atoms with E-state index >= 15 is 0 Å². The lowest BCUT2D eigenvalue weighted by Gasteiger charge is -2.50. The average Bonchev–Trinajstić information content (AvgIpc) is 3.28. The monoisotopic (exact) mass is 581 g/mol. The minimum absolute atomic E-state index is 0.145. The predicted molar refractivity (Wildman–Crippen MR) is 148 cm³/mol. The average molecular weight is 583 g/mol. The fourth-order valence-corrected chi connectivity index (χ4v) is 5.81. The fraction of sp³-hybridized carbons (Fsp3) is 0.778. The third kappa shape index (κ3) is 7.06. The number of nitrogens with zero attached hydrogens (tertiary/aromatic N) is 3. The van der Waals surface area contributed by atoms with Crippen molar-refractivity contribution in [3.8, 4) is 0 Å². The Kier molecular flexibility index (Phi) is 9.02. The maximum absolute atomic E-state index is 12.9. The molecule has 1 saturated carbocycles. The number of carbonyl (C=O) groups excluding carboxylic acids is 2. The Hall–Kier alpha value is -2.10. The van der Waals surface area contributed by atoms with Gasteiger partial charge in [0.2, 0.25) is 5.91 Å². The minimum Gasteiger partial charge on any atom is -0.444 e. The summed E-state index contributed by atoms with van der Waals surface area (Å²) in [5.74, 6) is 1.37. The first-order chi connectivity index (χ1) is 17.1. The van der Waals surface area contributed by atoms with Crippen molar-refractivity contribution in [3.05, 3.63) is 21.0 Å². The molecule has 1 aliphatic heterocycles. The van der Waals surface area contributed by atoms with Gasteiger partial charge in [-0.05, 0) is 78.6 Å². The molecule has 37 heavy (non-hydrogen) atoms. The van der Waals surface area contributed by atoms with E-state index in [4.69, 9.17) is 4.74 Å². The van der Waals surface area contributed by atoms with E-state index in [1.165, 1.54) is 4.68 Å². The molecule has 1 aliphatic carbocycles. The van der Waals surface area contributed by atoms with Gasteiger partial charge in [-0.1, -0.05) is 34.6 Å². The number of halogens is 1. The van der Waals surface area contributed by atoms with Crippen LogP contribution in [-0.4, -0.2) is 58.0 Å².